The Morgan fingerprint density at radius 3 is 2.22 bits per heavy atom. The highest BCUT2D eigenvalue weighted by Gasteiger charge is 2.11. The summed E-state index contributed by atoms with van der Waals surface area (Å²) < 4.78 is 0. The van der Waals surface area contributed by atoms with Gasteiger partial charge >= 0.3 is 0 Å². The summed E-state index contributed by atoms with van der Waals surface area (Å²) in [5, 5.41) is 10.3. The van der Waals surface area contributed by atoms with E-state index >= 15 is 0 Å². The minimum Gasteiger partial charge on any atom is -0.399 e. The molecule has 0 spiro atoms. The molecule has 2 aromatic rings. The monoisotopic (exact) mass is 241 g/mol. The zero-order chi connectivity index (χ0) is 13.1. The molecule has 0 bridgehead atoms. The summed E-state index contributed by atoms with van der Waals surface area (Å²) >= 11 is 0. The second-order valence-electron chi connectivity index (χ2n) is 4.61. The molecule has 0 aliphatic carbocycles. The molecule has 0 radical (unpaired) electrons. The second kappa shape index (κ2) is 5.23. The highest BCUT2D eigenvalue weighted by molar-refractivity contribution is 5.50. The molecule has 1 atom stereocenters. The summed E-state index contributed by atoms with van der Waals surface area (Å²) in [5.41, 5.74) is 10.6. The Hall–Kier alpha value is -1.80. The van der Waals surface area contributed by atoms with Crippen LogP contribution in [0.3, 0.4) is 0 Å². The van der Waals surface area contributed by atoms with E-state index < -0.39 is 6.10 Å². The Balaban J connectivity index is 2.28. The van der Waals surface area contributed by atoms with Crippen molar-refractivity contribution in [2.75, 3.05) is 5.73 Å². The Morgan fingerprint density at radius 1 is 1.06 bits per heavy atom. The lowest BCUT2D eigenvalue weighted by Gasteiger charge is -2.13. The Labute approximate surface area is 108 Å². The van der Waals surface area contributed by atoms with E-state index in [1.165, 1.54) is 5.56 Å². The van der Waals surface area contributed by atoms with Crippen molar-refractivity contribution in [1.82, 2.24) is 0 Å². The third-order valence-electron chi connectivity index (χ3n) is 3.32. The van der Waals surface area contributed by atoms with E-state index in [4.69, 9.17) is 5.73 Å². The summed E-state index contributed by atoms with van der Waals surface area (Å²) in [6.45, 7) is 4.08. The smallest absolute Gasteiger partial charge is 0.104 e. The van der Waals surface area contributed by atoms with Gasteiger partial charge in [0, 0.05) is 5.69 Å². The van der Waals surface area contributed by atoms with Crippen molar-refractivity contribution in [3.05, 3.63) is 64.7 Å². The fourth-order valence-electron chi connectivity index (χ4n) is 1.96. The Kier molecular flexibility index (Phi) is 3.68. The number of hydrogen-bond acceptors (Lipinski definition) is 2. The van der Waals surface area contributed by atoms with Gasteiger partial charge in [0.05, 0.1) is 0 Å². The Morgan fingerprint density at radius 2 is 1.67 bits per heavy atom. The lowest BCUT2D eigenvalue weighted by atomic mass is 9.98. The van der Waals surface area contributed by atoms with Crippen LogP contribution < -0.4 is 5.73 Å². The summed E-state index contributed by atoms with van der Waals surface area (Å²) in [5.74, 6) is 0. The number of nitrogen functional groups attached to an aromatic ring is 1. The van der Waals surface area contributed by atoms with Gasteiger partial charge in [0.15, 0.2) is 0 Å². The molecular formula is C16H19NO. The van der Waals surface area contributed by atoms with Gasteiger partial charge in [-0.05, 0) is 41.7 Å². The molecule has 1 unspecified atom stereocenters. The fraction of sp³-hybridized carbons (Fsp3) is 0.250. The van der Waals surface area contributed by atoms with Gasteiger partial charge in [-0.3, -0.25) is 0 Å². The van der Waals surface area contributed by atoms with Crippen molar-refractivity contribution in [2.24, 2.45) is 0 Å². The van der Waals surface area contributed by atoms with E-state index in [1.807, 2.05) is 37.3 Å². The van der Waals surface area contributed by atoms with Crippen molar-refractivity contribution < 1.29 is 5.11 Å². The van der Waals surface area contributed by atoms with Crippen LogP contribution in [-0.2, 0) is 6.42 Å². The minimum atomic E-state index is -0.612. The first-order valence-electron chi connectivity index (χ1n) is 6.24. The first-order chi connectivity index (χ1) is 8.61. The quantitative estimate of drug-likeness (QED) is 0.810. The van der Waals surface area contributed by atoms with Crippen LogP contribution in [0.25, 0.3) is 0 Å². The third kappa shape index (κ3) is 2.54. The van der Waals surface area contributed by atoms with Crippen LogP contribution in [0.5, 0.6) is 0 Å². The average molecular weight is 241 g/mol. The maximum Gasteiger partial charge on any atom is 0.104 e. The van der Waals surface area contributed by atoms with Gasteiger partial charge in [-0.25, -0.2) is 0 Å². The average Bonchev–Trinajstić information content (AvgIpc) is 2.41. The van der Waals surface area contributed by atoms with Crippen LogP contribution >= 0.6 is 0 Å². The van der Waals surface area contributed by atoms with E-state index in [1.54, 1.807) is 0 Å². The standard InChI is InChI=1S/C16H19NO/c1-3-12-5-8-13(9-6-12)16(18)14-7-4-11(2)15(17)10-14/h4-10,16,18H,3,17H2,1-2H3. The highest BCUT2D eigenvalue weighted by atomic mass is 16.3. The predicted octanol–water partition coefficient (Wildman–Crippen LogP) is 3.22. The molecule has 0 amide bonds. The van der Waals surface area contributed by atoms with Crippen LogP contribution in [0.15, 0.2) is 42.5 Å². The van der Waals surface area contributed by atoms with Crippen LogP contribution in [0.1, 0.15) is 35.3 Å². The number of aliphatic hydroxyl groups excluding tert-OH is 1. The molecule has 2 heteroatoms. The van der Waals surface area contributed by atoms with Crippen molar-refractivity contribution >= 4 is 5.69 Å². The van der Waals surface area contributed by atoms with Crippen molar-refractivity contribution in [3.63, 3.8) is 0 Å². The molecule has 2 aromatic carbocycles. The van der Waals surface area contributed by atoms with E-state index in [9.17, 15) is 5.11 Å². The molecule has 0 aliphatic rings. The predicted molar refractivity (Wildman–Crippen MR) is 75.5 cm³/mol. The van der Waals surface area contributed by atoms with Crippen molar-refractivity contribution in [1.29, 1.82) is 0 Å². The molecule has 0 saturated carbocycles. The number of nitrogens with two attached hydrogens (primary N) is 1. The molecular weight excluding hydrogens is 222 g/mol. The van der Waals surface area contributed by atoms with Crippen LogP contribution in [0.2, 0.25) is 0 Å². The molecule has 2 rings (SSSR count). The molecule has 0 aliphatic heterocycles. The number of aryl methyl sites for hydroxylation is 2. The molecule has 0 fully saturated rings. The second-order valence-corrected chi connectivity index (χ2v) is 4.61. The van der Waals surface area contributed by atoms with Crippen LogP contribution in [-0.4, -0.2) is 5.11 Å². The number of hydrogen-bond donors (Lipinski definition) is 2. The number of aliphatic hydroxyl groups is 1. The van der Waals surface area contributed by atoms with Gasteiger partial charge in [0.1, 0.15) is 6.10 Å². The minimum absolute atomic E-state index is 0.612. The molecule has 0 heterocycles. The summed E-state index contributed by atoms with van der Waals surface area (Å²) in [6.07, 6.45) is 0.396. The zero-order valence-electron chi connectivity index (χ0n) is 10.9. The maximum atomic E-state index is 10.3. The topological polar surface area (TPSA) is 46.2 Å². The maximum absolute atomic E-state index is 10.3. The molecule has 0 aromatic heterocycles. The molecule has 0 saturated heterocycles. The molecule has 94 valence electrons. The first-order valence-corrected chi connectivity index (χ1v) is 6.24. The SMILES string of the molecule is CCc1ccc(C(O)c2ccc(C)c(N)c2)cc1. The van der Waals surface area contributed by atoms with Crippen molar-refractivity contribution in [2.45, 2.75) is 26.4 Å². The largest absolute Gasteiger partial charge is 0.399 e. The number of anilines is 1. The lowest BCUT2D eigenvalue weighted by molar-refractivity contribution is 0.220. The lowest BCUT2D eigenvalue weighted by Crippen LogP contribution is -2.01. The first kappa shape index (κ1) is 12.7. The van der Waals surface area contributed by atoms with E-state index in [-0.39, 0.29) is 0 Å². The Bertz CT molecular complexity index is 531. The van der Waals surface area contributed by atoms with E-state index in [0.29, 0.717) is 0 Å². The van der Waals surface area contributed by atoms with Crippen LogP contribution in [0, 0.1) is 6.92 Å². The summed E-state index contributed by atoms with van der Waals surface area (Å²) in [4.78, 5) is 0. The van der Waals surface area contributed by atoms with Gasteiger partial charge in [0.2, 0.25) is 0 Å². The number of rotatable bonds is 3. The van der Waals surface area contributed by atoms with Gasteiger partial charge in [-0.15, -0.1) is 0 Å². The van der Waals surface area contributed by atoms with Crippen LogP contribution in [0.4, 0.5) is 5.69 Å². The number of benzene rings is 2. The third-order valence-corrected chi connectivity index (χ3v) is 3.32. The molecule has 18 heavy (non-hydrogen) atoms. The van der Waals surface area contributed by atoms with Crippen molar-refractivity contribution in [3.8, 4) is 0 Å². The zero-order valence-corrected chi connectivity index (χ0v) is 10.9. The van der Waals surface area contributed by atoms with Gasteiger partial charge < -0.3 is 10.8 Å². The summed E-state index contributed by atoms with van der Waals surface area (Å²) in [7, 11) is 0. The van der Waals surface area contributed by atoms with E-state index in [0.717, 1.165) is 28.8 Å². The fourth-order valence-corrected chi connectivity index (χ4v) is 1.96. The highest BCUT2D eigenvalue weighted by Crippen LogP contribution is 2.25. The van der Waals surface area contributed by atoms with Gasteiger partial charge in [-0.1, -0.05) is 43.3 Å². The molecule has 3 N–H and O–H groups in total. The molecule has 2 nitrogen and oxygen atoms in total. The van der Waals surface area contributed by atoms with E-state index in [2.05, 4.69) is 19.1 Å². The summed E-state index contributed by atoms with van der Waals surface area (Å²) in [6, 6.07) is 13.7. The van der Waals surface area contributed by atoms with Gasteiger partial charge in [-0.2, -0.15) is 0 Å². The van der Waals surface area contributed by atoms with Gasteiger partial charge in [0.25, 0.3) is 0 Å². The normalized spacial score (nSPS) is 12.4.